The average Bonchev–Trinajstić information content (AvgIpc) is 3.14. The number of amides is 2. The molecular formula is C19H16N4O4. The van der Waals surface area contributed by atoms with E-state index in [2.05, 4.69) is 15.5 Å². The van der Waals surface area contributed by atoms with Gasteiger partial charge in [0.15, 0.2) is 12.2 Å². The van der Waals surface area contributed by atoms with Gasteiger partial charge in [-0.2, -0.15) is 0 Å². The molecule has 5 rings (SSSR count). The van der Waals surface area contributed by atoms with Crippen LogP contribution in [0.1, 0.15) is 56.7 Å². The van der Waals surface area contributed by atoms with Crippen molar-refractivity contribution in [2.45, 2.75) is 31.5 Å². The summed E-state index contributed by atoms with van der Waals surface area (Å²) in [5.74, 6) is 0.321. The Morgan fingerprint density at radius 1 is 1.22 bits per heavy atom. The first-order valence-electron chi connectivity index (χ1n) is 8.74. The Labute approximate surface area is 154 Å². The van der Waals surface area contributed by atoms with Gasteiger partial charge in [0.1, 0.15) is 6.04 Å². The van der Waals surface area contributed by atoms with Crippen LogP contribution in [0, 0.1) is 0 Å². The van der Waals surface area contributed by atoms with Crippen molar-refractivity contribution >= 4 is 11.8 Å². The monoisotopic (exact) mass is 364 g/mol. The number of carbonyl (C=O) groups excluding carboxylic acids is 2. The van der Waals surface area contributed by atoms with E-state index < -0.39 is 6.04 Å². The predicted molar refractivity (Wildman–Crippen MR) is 91.7 cm³/mol. The number of oxazole rings is 1. The molecule has 0 saturated heterocycles. The van der Waals surface area contributed by atoms with Gasteiger partial charge in [-0.15, -0.1) is 0 Å². The molecule has 1 aliphatic carbocycles. The van der Waals surface area contributed by atoms with Gasteiger partial charge in [0.25, 0.3) is 11.8 Å². The topological polar surface area (TPSA) is 101 Å². The molecular weight excluding hydrogens is 348 g/mol. The molecule has 1 aromatic carbocycles. The molecule has 1 atom stereocenters. The van der Waals surface area contributed by atoms with Gasteiger partial charge in [-0.25, -0.2) is 4.98 Å². The molecule has 27 heavy (non-hydrogen) atoms. The summed E-state index contributed by atoms with van der Waals surface area (Å²) in [5, 5.41) is 6.60. The molecule has 136 valence electrons. The second kappa shape index (κ2) is 6.08. The van der Waals surface area contributed by atoms with Gasteiger partial charge >= 0.3 is 0 Å². The van der Waals surface area contributed by atoms with Crippen LogP contribution in [0.15, 0.2) is 52.0 Å². The Morgan fingerprint density at radius 2 is 2.11 bits per heavy atom. The molecule has 2 aliphatic rings. The fourth-order valence-corrected chi connectivity index (χ4v) is 3.41. The van der Waals surface area contributed by atoms with E-state index in [1.165, 1.54) is 18.7 Å². The predicted octanol–water partition coefficient (Wildman–Crippen LogP) is 2.30. The molecule has 1 fully saturated rings. The molecule has 0 spiro atoms. The Hall–Kier alpha value is -3.42. The number of hydrogen-bond donors (Lipinski definition) is 1. The lowest BCUT2D eigenvalue weighted by Crippen LogP contribution is -2.29. The van der Waals surface area contributed by atoms with Crippen LogP contribution in [0.5, 0.6) is 0 Å². The van der Waals surface area contributed by atoms with Crippen molar-refractivity contribution in [1.29, 1.82) is 0 Å². The first-order chi connectivity index (χ1) is 13.2. The summed E-state index contributed by atoms with van der Waals surface area (Å²) in [7, 11) is 0. The normalized spacial score (nSPS) is 18.4. The van der Waals surface area contributed by atoms with Crippen LogP contribution < -0.4 is 5.32 Å². The molecule has 1 N–H and O–H groups in total. The summed E-state index contributed by atoms with van der Waals surface area (Å²) >= 11 is 0. The van der Waals surface area contributed by atoms with E-state index in [4.69, 9.17) is 8.94 Å². The van der Waals surface area contributed by atoms with E-state index >= 15 is 0 Å². The van der Waals surface area contributed by atoms with Crippen LogP contribution in [-0.4, -0.2) is 32.9 Å². The maximum Gasteiger partial charge on any atom is 0.293 e. The Bertz CT molecular complexity index is 993. The van der Waals surface area contributed by atoms with Crippen LogP contribution >= 0.6 is 0 Å². The van der Waals surface area contributed by atoms with Gasteiger partial charge in [-0.3, -0.25) is 9.59 Å². The van der Waals surface area contributed by atoms with Gasteiger partial charge in [-0.1, -0.05) is 11.2 Å². The minimum Gasteiger partial charge on any atom is -0.446 e. The average molecular weight is 364 g/mol. The number of hydrogen-bond acceptors (Lipinski definition) is 6. The molecule has 8 heteroatoms. The van der Waals surface area contributed by atoms with Gasteiger partial charge in [0, 0.05) is 24.2 Å². The summed E-state index contributed by atoms with van der Waals surface area (Å²) in [5.41, 5.74) is 2.39. The summed E-state index contributed by atoms with van der Waals surface area (Å²) in [6, 6.07) is 6.87. The standard InChI is InChI=1S/C19H16N4O4/c24-18(22-13-2-3-13)11-1-4-14-12(7-11)9-23(17(14)16-8-20-10-26-16)19(25)15-5-6-21-27-15/h1,4-8,10,13,17H,2-3,9H2,(H,22,24). The molecule has 1 saturated carbocycles. The highest BCUT2D eigenvalue weighted by Crippen LogP contribution is 2.39. The number of benzene rings is 1. The zero-order valence-electron chi connectivity index (χ0n) is 14.3. The molecule has 1 aliphatic heterocycles. The lowest BCUT2D eigenvalue weighted by atomic mass is 10.0. The van der Waals surface area contributed by atoms with E-state index in [0.717, 1.165) is 24.0 Å². The Balaban J connectivity index is 1.51. The largest absolute Gasteiger partial charge is 0.446 e. The second-order valence-electron chi connectivity index (χ2n) is 6.78. The SMILES string of the molecule is O=C(NC1CC1)c1ccc2c(c1)CN(C(=O)c1ccno1)C2c1cnco1. The smallest absolute Gasteiger partial charge is 0.293 e. The summed E-state index contributed by atoms with van der Waals surface area (Å²) in [4.78, 5) is 30.9. The molecule has 0 radical (unpaired) electrons. The quantitative estimate of drug-likeness (QED) is 0.762. The molecule has 1 unspecified atom stereocenters. The van der Waals surface area contributed by atoms with E-state index in [0.29, 0.717) is 17.9 Å². The van der Waals surface area contributed by atoms with E-state index in [-0.39, 0.29) is 23.6 Å². The van der Waals surface area contributed by atoms with Crippen LogP contribution in [0.4, 0.5) is 0 Å². The highest BCUT2D eigenvalue weighted by molar-refractivity contribution is 5.95. The van der Waals surface area contributed by atoms with E-state index in [1.807, 2.05) is 12.1 Å². The second-order valence-corrected chi connectivity index (χ2v) is 6.78. The maximum absolute atomic E-state index is 12.9. The van der Waals surface area contributed by atoms with Gasteiger partial charge in [0.2, 0.25) is 5.76 Å². The lowest BCUT2D eigenvalue weighted by Gasteiger charge is -2.22. The van der Waals surface area contributed by atoms with Gasteiger partial charge in [0.05, 0.1) is 12.4 Å². The first-order valence-corrected chi connectivity index (χ1v) is 8.74. The minimum atomic E-state index is -0.430. The van der Waals surface area contributed by atoms with Crippen LogP contribution in [0.2, 0.25) is 0 Å². The number of aromatic nitrogens is 2. The van der Waals surface area contributed by atoms with E-state index in [1.54, 1.807) is 17.2 Å². The van der Waals surface area contributed by atoms with Crippen LogP contribution in [0.3, 0.4) is 0 Å². The molecule has 3 aromatic rings. The zero-order chi connectivity index (χ0) is 18.4. The fraction of sp³-hybridized carbons (Fsp3) is 0.263. The van der Waals surface area contributed by atoms with Gasteiger partial charge in [-0.05, 0) is 36.1 Å². The zero-order valence-corrected chi connectivity index (χ0v) is 14.3. The lowest BCUT2D eigenvalue weighted by molar-refractivity contribution is 0.0661. The molecule has 3 heterocycles. The van der Waals surface area contributed by atoms with Crippen LogP contribution in [-0.2, 0) is 6.54 Å². The highest BCUT2D eigenvalue weighted by atomic mass is 16.5. The molecule has 8 nitrogen and oxygen atoms in total. The number of fused-ring (bicyclic) bond motifs is 1. The molecule has 2 aromatic heterocycles. The van der Waals surface area contributed by atoms with E-state index in [9.17, 15) is 9.59 Å². The van der Waals surface area contributed by atoms with Crippen molar-refractivity contribution < 1.29 is 18.5 Å². The van der Waals surface area contributed by atoms with Crippen molar-refractivity contribution in [1.82, 2.24) is 20.4 Å². The number of nitrogens with one attached hydrogen (secondary N) is 1. The Kier molecular flexibility index (Phi) is 3.56. The summed E-state index contributed by atoms with van der Waals surface area (Å²) in [6.45, 7) is 0.338. The molecule has 2 amide bonds. The third-order valence-corrected chi connectivity index (χ3v) is 4.90. The van der Waals surface area contributed by atoms with Crippen molar-refractivity contribution in [3.8, 4) is 0 Å². The fourth-order valence-electron chi connectivity index (χ4n) is 3.41. The van der Waals surface area contributed by atoms with Crippen molar-refractivity contribution in [3.63, 3.8) is 0 Å². The molecule has 0 bridgehead atoms. The number of rotatable bonds is 4. The third kappa shape index (κ3) is 2.79. The van der Waals surface area contributed by atoms with Crippen molar-refractivity contribution in [2.75, 3.05) is 0 Å². The highest BCUT2D eigenvalue weighted by Gasteiger charge is 2.38. The van der Waals surface area contributed by atoms with Gasteiger partial charge < -0.3 is 19.2 Å². The van der Waals surface area contributed by atoms with Crippen molar-refractivity contribution in [3.05, 3.63) is 71.3 Å². The first kappa shape index (κ1) is 15.8. The van der Waals surface area contributed by atoms with Crippen molar-refractivity contribution in [2.24, 2.45) is 0 Å². The Morgan fingerprint density at radius 3 is 2.81 bits per heavy atom. The summed E-state index contributed by atoms with van der Waals surface area (Å²) < 4.78 is 10.5. The number of carbonyl (C=O) groups is 2. The van der Waals surface area contributed by atoms with Crippen LogP contribution in [0.25, 0.3) is 0 Å². The minimum absolute atomic E-state index is 0.0865. The number of nitrogens with zero attached hydrogens (tertiary/aromatic N) is 3. The summed E-state index contributed by atoms with van der Waals surface area (Å²) in [6.07, 6.45) is 6.42. The third-order valence-electron chi connectivity index (χ3n) is 4.90. The maximum atomic E-state index is 12.9.